The lowest BCUT2D eigenvalue weighted by Gasteiger charge is -2.20. The van der Waals surface area contributed by atoms with E-state index in [-0.39, 0.29) is 11.8 Å². The van der Waals surface area contributed by atoms with Crippen molar-refractivity contribution >= 4 is 16.8 Å². The molecule has 0 saturated carbocycles. The summed E-state index contributed by atoms with van der Waals surface area (Å²) in [6.07, 6.45) is 6.26. The van der Waals surface area contributed by atoms with Gasteiger partial charge in [-0.1, -0.05) is 61.9 Å². The van der Waals surface area contributed by atoms with Crippen LogP contribution in [0.3, 0.4) is 0 Å². The number of rotatable bonds is 7. The highest BCUT2D eigenvalue weighted by molar-refractivity contribution is 6.07. The minimum absolute atomic E-state index is 0.0771. The SMILES string of the molecule is Cc1ccc(C(CNC(=O)c2cn(-c3ncccn3)c3ccccc23)CC(C)C)cc1. The van der Waals surface area contributed by atoms with Crippen molar-refractivity contribution < 1.29 is 4.79 Å². The van der Waals surface area contributed by atoms with Crippen molar-refractivity contribution in [1.29, 1.82) is 0 Å². The summed E-state index contributed by atoms with van der Waals surface area (Å²) < 4.78 is 1.87. The van der Waals surface area contributed by atoms with E-state index in [1.54, 1.807) is 18.5 Å². The molecule has 0 radical (unpaired) electrons. The van der Waals surface area contributed by atoms with Crippen LogP contribution in [-0.2, 0) is 0 Å². The minimum Gasteiger partial charge on any atom is -0.351 e. The number of fused-ring (bicyclic) bond motifs is 1. The third kappa shape index (κ3) is 4.66. The smallest absolute Gasteiger partial charge is 0.253 e. The van der Waals surface area contributed by atoms with Gasteiger partial charge in [0, 0.05) is 36.4 Å². The van der Waals surface area contributed by atoms with E-state index in [9.17, 15) is 4.79 Å². The fraction of sp³-hybridized carbons (Fsp3) is 0.269. The number of hydrogen-bond donors (Lipinski definition) is 1. The van der Waals surface area contributed by atoms with Crippen molar-refractivity contribution in [1.82, 2.24) is 19.9 Å². The topological polar surface area (TPSA) is 59.8 Å². The van der Waals surface area contributed by atoms with Crippen LogP contribution in [0.4, 0.5) is 0 Å². The molecule has 4 aromatic rings. The van der Waals surface area contributed by atoms with Gasteiger partial charge in [-0.3, -0.25) is 9.36 Å². The number of nitrogens with one attached hydrogen (secondary N) is 1. The van der Waals surface area contributed by atoms with Gasteiger partial charge < -0.3 is 5.32 Å². The van der Waals surface area contributed by atoms with Crippen LogP contribution in [0.1, 0.15) is 47.7 Å². The van der Waals surface area contributed by atoms with Crippen molar-refractivity contribution in [2.75, 3.05) is 6.54 Å². The van der Waals surface area contributed by atoms with E-state index in [1.165, 1.54) is 11.1 Å². The van der Waals surface area contributed by atoms with Gasteiger partial charge in [0.15, 0.2) is 0 Å². The zero-order chi connectivity index (χ0) is 21.8. The molecule has 1 atom stereocenters. The monoisotopic (exact) mass is 412 g/mol. The molecule has 158 valence electrons. The van der Waals surface area contributed by atoms with Crippen LogP contribution >= 0.6 is 0 Å². The van der Waals surface area contributed by atoms with Gasteiger partial charge in [0.1, 0.15) is 0 Å². The van der Waals surface area contributed by atoms with Crippen LogP contribution in [0.2, 0.25) is 0 Å². The van der Waals surface area contributed by atoms with E-state index < -0.39 is 0 Å². The fourth-order valence-corrected chi connectivity index (χ4v) is 4.00. The quantitative estimate of drug-likeness (QED) is 0.449. The highest BCUT2D eigenvalue weighted by atomic mass is 16.1. The molecule has 0 spiro atoms. The lowest BCUT2D eigenvalue weighted by Crippen LogP contribution is -2.29. The number of aromatic nitrogens is 3. The second kappa shape index (κ2) is 9.13. The first-order valence-electron chi connectivity index (χ1n) is 10.7. The second-order valence-electron chi connectivity index (χ2n) is 8.43. The first kappa shape index (κ1) is 20.8. The van der Waals surface area contributed by atoms with Crippen molar-refractivity contribution in [2.45, 2.75) is 33.1 Å². The fourth-order valence-electron chi connectivity index (χ4n) is 4.00. The van der Waals surface area contributed by atoms with Gasteiger partial charge in [-0.15, -0.1) is 0 Å². The van der Waals surface area contributed by atoms with E-state index in [1.807, 2.05) is 35.0 Å². The largest absolute Gasteiger partial charge is 0.351 e. The Morgan fingerprint density at radius 1 is 1.00 bits per heavy atom. The first-order valence-corrected chi connectivity index (χ1v) is 10.7. The number of benzene rings is 2. The van der Waals surface area contributed by atoms with E-state index >= 15 is 0 Å². The molecule has 1 N–H and O–H groups in total. The number of aryl methyl sites for hydroxylation is 1. The van der Waals surface area contributed by atoms with Crippen LogP contribution < -0.4 is 5.32 Å². The summed E-state index contributed by atoms with van der Waals surface area (Å²) in [7, 11) is 0. The zero-order valence-electron chi connectivity index (χ0n) is 18.2. The molecule has 5 nitrogen and oxygen atoms in total. The molecule has 1 amide bonds. The molecule has 0 fully saturated rings. The molecule has 0 aliphatic heterocycles. The van der Waals surface area contributed by atoms with Gasteiger partial charge in [-0.05, 0) is 37.0 Å². The van der Waals surface area contributed by atoms with Crippen LogP contribution in [-0.4, -0.2) is 27.0 Å². The predicted octanol–water partition coefficient (Wildman–Crippen LogP) is 5.29. The molecule has 31 heavy (non-hydrogen) atoms. The number of amides is 1. The standard InChI is InChI=1S/C26H28N4O/c1-18(2)15-21(20-11-9-19(3)10-12-20)16-29-25(31)23-17-30(26-27-13-6-14-28-26)24-8-5-4-7-22(23)24/h4-14,17-18,21H,15-16H2,1-3H3,(H,29,31). The van der Waals surface area contributed by atoms with Gasteiger partial charge in [0.25, 0.3) is 5.91 Å². The molecule has 0 aliphatic carbocycles. The number of nitrogens with zero attached hydrogens (tertiary/aromatic N) is 3. The van der Waals surface area contributed by atoms with Gasteiger partial charge in [0.05, 0.1) is 11.1 Å². The predicted molar refractivity (Wildman–Crippen MR) is 125 cm³/mol. The summed E-state index contributed by atoms with van der Waals surface area (Å²) in [6, 6.07) is 18.3. The average Bonchev–Trinajstić information content (AvgIpc) is 3.17. The maximum Gasteiger partial charge on any atom is 0.253 e. The molecule has 2 aromatic heterocycles. The molecular formula is C26H28N4O. The Morgan fingerprint density at radius 3 is 2.42 bits per heavy atom. The van der Waals surface area contributed by atoms with E-state index in [0.29, 0.717) is 24.0 Å². The lowest BCUT2D eigenvalue weighted by molar-refractivity contribution is 0.0951. The number of hydrogen-bond acceptors (Lipinski definition) is 3. The van der Waals surface area contributed by atoms with E-state index in [4.69, 9.17) is 0 Å². The normalized spacial score (nSPS) is 12.3. The number of carbonyl (C=O) groups is 1. The Labute approximate surface area is 183 Å². The van der Waals surface area contributed by atoms with Gasteiger partial charge in [-0.25, -0.2) is 9.97 Å². The molecule has 2 aromatic carbocycles. The van der Waals surface area contributed by atoms with Crippen LogP contribution in [0.15, 0.2) is 73.2 Å². The zero-order valence-corrected chi connectivity index (χ0v) is 18.2. The molecule has 0 bridgehead atoms. The lowest BCUT2D eigenvalue weighted by atomic mass is 9.89. The van der Waals surface area contributed by atoms with Gasteiger partial charge in [-0.2, -0.15) is 0 Å². The summed E-state index contributed by atoms with van der Waals surface area (Å²) >= 11 is 0. The Morgan fingerprint density at radius 2 is 1.71 bits per heavy atom. The Hall–Kier alpha value is -3.47. The summed E-state index contributed by atoms with van der Waals surface area (Å²) in [5, 5.41) is 4.07. The van der Waals surface area contributed by atoms with Crippen LogP contribution in [0.5, 0.6) is 0 Å². The highest BCUT2D eigenvalue weighted by Crippen LogP contribution is 2.26. The van der Waals surface area contributed by atoms with Gasteiger partial charge in [0.2, 0.25) is 5.95 Å². The Bertz CT molecular complexity index is 1160. The number of para-hydroxylation sites is 1. The first-order chi connectivity index (χ1) is 15.0. The summed E-state index contributed by atoms with van der Waals surface area (Å²) in [5.41, 5.74) is 4.05. The second-order valence-corrected chi connectivity index (χ2v) is 8.43. The summed E-state index contributed by atoms with van der Waals surface area (Å²) in [5.74, 6) is 1.29. The maximum atomic E-state index is 13.2. The number of carbonyl (C=O) groups excluding carboxylic acids is 1. The van der Waals surface area contributed by atoms with E-state index in [0.717, 1.165) is 17.3 Å². The van der Waals surface area contributed by atoms with Crippen LogP contribution in [0.25, 0.3) is 16.9 Å². The van der Waals surface area contributed by atoms with E-state index in [2.05, 4.69) is 60.3 Å². The maximum absolute atomic E-state index is 13.2. The molecule has 5 heteroatoms. The van der Waals surface area contributed by atoms with Crippen molar-refractivity contribution in [3.63, 3.8) is 0 Å². The third-order valence-electron chi connectivity index (χ3n) is 5.54. The highest BCUT2D eigenvalue weighted by Gasteiger charge is 2.19. The van der Waals surface area contributed by atoms with Gasteiger partial charge >= 0.3 is 0 Å². The van der Waals surface area contributed by atoms with Crippen molar-refractivity contribution in [3.8, 4) is 5.95 Å². The molecule has 4 rings (SSSR count). The molecule has 0 aliphatic rings. The van der Waals surface area contributed by atoms with Crippen molar-refractivity contribution in [2.24, 2.45) is 5.92 Å². The minimum atomic E-state index is -0.0771. The summed E-state index contributed by atoms with van der Waals surface area (Å²) in [4.78, 5) is 21.9. The molecule has 0 saturated heterocycles. The molecular weight excluding hydrogens is 384 g/mol. The van der Waals surface area contributed by atoms with Crippen LogP contribution in [0, 0.1) is 12.8 Å². The average molecular weight is 413 g/mol. The Kier molecular flexibility index (Phi) is 6.12. The Balaban J connectivity index is 1.60. The molecule has 1 unspecified atom stereocenters. The van der Waals surface area contributed by atoms with Crippen molar-refractivity contribution in [3.05, 3.63) is 89.9 Å². The third-order valence-corrected chi connectivity index (χ3v) is 5.54. The summed E-state index contributed by atoms with van der Waals surface area (Å²) in [6.45, 7) is 7.13. The molecule has 2 heterocycles.